The van der Waals surface area contributed by atoms with E-state index in [9.17, 15) is 4.79 Å². The molecule has 2 aromatic carbocycles. The average Bonchev–Trinajstić information content (AvgIpc) is 2.75. The number of ether oxygens (including phenoxy) is 3. The van der Waals surface area contributed by atoms with E-state index in [0.29, 0.717) is 19.8 Å². The Bertz CT molecular complexity index is 801. The maximum atomic E-state index is 12.4. The van der Waals surface area contributed by atoms with Gasteiger partial charge in [0.1, 0.15) is 11.5 Å². The number of benzene rings is 2. The Morgan fingerprint density at radius 1 is 1.14 bits per heavy atom. The first-order chi connectivity index (χ1) is 14.1. The van der Waals surface area contributed by atoms with Crippen molar-refractivity contribution in [2.24, 2.45) is 0 Å². The highest BCUT2D eigenvalue weighted by Gasteiger charge is 2.23. The van der Waals surface area contributed by atoms with Crippen molar-refractivity contribution >= 4 is 5.91 Å². The van der Waals surface area contributed by atoms with Crippen LogP contribution in [0.4, 0.5) is 0 Å². The molecular formula is C23H30N2O4. The lowest BCUT2D eigenvalue weighted by atomic mass is 10.0. The highest BCUT2D eigenvalue weighted by Crippen LogP contribution is 2.24. The maximum Gasteiger partial charge on any atom is 0.258 e. The number of hydrogen-bond donors (Lipinski definition) is 1. The molecule has 0 bridgehead atoms. The predicted molar refractivity (Wildman–Crippen MR) is 113 cm³/mol. The van der Waals surface area contributed by atoms with Crippen LogP contribution in [-0.2, 0) is 9.53 Å². The summed E-state index contributed by atoms with van der Waals surface area (Å²) in [6.45, 7) is 7.59. The van der Waals surface area contributed by atoms with Gasteiger partial charge in [0.2, 0.25) is 0 Å². The normalized spacial score (nSPS) is 15.6. The van der Waals surface area contributed by atoms with Gasteiger partial charge in [0.15, 0.2) is 6.61 Å². The van der Waals surface area contributed by atoms with E-state index in [-0.39, 0.29) is 18.6 Å². The minimum Gasteiger partial charge on any atom is -0.497 e. The molecule has 1 N–H and O–H groups in total. The molecule has 1 unspecified atom stereocenters. The third-order valence-electron chi connectivity index (χ3n) is 5.18. The first-order valence-electron chi connectivity index (χ1n) is 9.99. The number of nitrogens with one attached hydrogen (secondary N) is 1. The third-order valence-corrected chi connectivity index (χ3v) is 5.18. The van der Waals surface area contributed by atoms with Gasteiger partial charge >= 0.3 is 0 Å². The summed E-state index contributed by atoms with van der Waals surface area (Å²) in [5.74, 6) is 1.44. The van der Waals surface area contributed by atoms with Gasteiger partial charge in [0.05, 0.1) is 26.4 Å². The van der Waals surface area contributed by atoms with Crippen molar-refractivity contribution in [2.45, 2.75) is 19.9 Å². The highest BCUT2D eigenvalue weighted by molar-refractivity contribution is 5.77. The number of morpholine rings is 1. The van der Waals surface area contributed by atoms with E-state index >= 15 is 0 Å². The fourth-order valence-electron chi connectivity index (χ4n) is 3.44. The van der Waals surface area contributed by atoms with Gasteiger partial charge in [0.25, 0.3) is 5.91 Å². The second kappa shape index (κ2) is 10.3. The Morgan fingerprint density at radius 2 is 1.86 bits per heavy atom. The number of carbonyl (C=O) groups excluding carboxylic acids is 1. The minimum atomic E-state index is -0.127. The number of amides is 1. The number of methoxy groups -OCH3 is 1. The van der Waals surface area contributed by atoms with E-state index in [1.54, 1.807) is 7.11 Å². The van der Waals surface area contributed by atoms with Crippen LogP contribution in [-0.4, -0.2) is 57.4 Å². The molecule has 6 heteroatoms. The zero-order valence-electron chi connectivity index (χ0n) is 17.4. The van der Waals surface area contributed by atoms with E-state index in [1.807, 2.05) is 44.2 Å². The zero-order valence-corrected chi connectivity index (χ0v) is 17.4. The molecule has 6 nitrogen and oxygen atoms in total. The van der Waals surface area contributed by atoms with Gasteiger partial charge in [-0.15, -0.1) is 0 Å². The Labute approximate surface area is 172 Å². The van der Waals surface area contributed by atoms with Crippen molar-refractivity contribution in [3.63, 3.8) is 0 Å². The Morgan fingerprint density at radius 3 is 2.55 bits per heavy atom. The summed E-state index contributed by atoms with van der Waals surface area (Å²) in [7, 11) is 1.66. The van der Waals surface area contributed by atoms with Crippen molar-refractivity contribution < 1.29 is 19.0 Å². The molecule has 0 aromatic heterocycles. The van der Waals surface area contributed by atoms with Gasteiger partial charge in [0, 0.05) is 19.6 Å². The molecule has 156 valence electrons. The Hall–Kier alpha value is -2.57. The van der Waals surface area contributed by atoms with Crippen LogP contribution in [0.25, 0.3) is 0 Å². The van der Waals surface area contributed by atoms with E-state index in [1.165, 1.54) is 0 Å². The molecular weight excluding hydrogens is 368 g/mol. The van der Waals surface area contributed by atoms with Crippen molar-refractivity contribution in [3.8, 4) is 11.5 Å². The third kappa shape index (κ3) is 5.95. The molecule has 1 atom stereocenters. The molecule has 0 aliphatic carbocycles. The van der Waals surface area contributed by atoms with E-state index in [2.05, 4.69) is 22.3 Å². The summed E-state index contributed by atoms with van der Waals surface area (Å²) in [5.41, 5.74) is 3.27. The molecule has 1 heterocycles. The lowest BCUT2D eigenvalue weighted by Gasteiger charge is -2.35. The van der Waals surface area contributed by atoms with Crippen LogP contribution < -0.4 is 14.8 Å². The number of carbonyl (C=O) groups is 1. The van der Waals surface area contributed by atoms with Gasteiger partial charge in [-0.2, -0.15) is 0 Å². The van der Waals surface area contributed by atoms with Crippen LogP contribution in [0.2, 0.25) is 0 Å². The largest absolute Gasteiger partial charge is 0.497 e. The van der Waals surface area contributed by atoms with Crippen LogP contribution in [0.5, 0.6) is 11.5 Å². The SMILES string of the molecule is COc1ccc(C(CNC(=O)COc2cc(C)ccc2C)N2CCOCC2)cc1. The molecule has 1 amide bonds. The van der Waals surface area contributed by atoms with Gasteiger partial charge in [-0.3, -0.25) is 9.69 Å². The lowest BCUT2D eigenvalue weighted by molar-refractivity contribution is -0.123. The summed E-state index contributed by atoms with van der Waals surface area (Å²) < 4.78 is 16.5. The second-order valence-electron chi connectivity index (χ2n) is 7.30. The van der Waals surface area contributed by atoms with Crippen molar-refractivity contribution in [1.29, 1.82) is 0 Å². The molecule has 1 fully saturated rings. The Balaban J connectivity index is 1.61. The van der Waals surface area contributed by atoms with Crippen molar-refractivity contribution in [1.82, 2.24) is 10.2 Å². The topological polar surface area (TPSA) is 60.0 Å². The van der Waals surface area contributed by atoms with E-state index < -0.39 is 0 Å². The summed E-state index contributed by atoms with van der Waals surface area (Å²) in [6, 6.07) is 14.1. The van der Waals surface area contributed by atoms with Crippen molar-refractivity contribution in [3.05, 3.63) is 59.2 Å². The van der Waals surface area contributed by atoms with E-state index in [0.717, 1.165) is 41.3 Å². The predicted octanol–water partition coefficient (Wildman–Crippen LogP) is 2.88. The van der Waals surface area contributed by atoms with Crippen LogP contribution in [0.15, 0.2) is 42.5 Å². The maximum absolute atomic E-state index is 12.4. The smallest absolute Gasteiger partial charge is 0.258 e. The number of nitrogens with zero attached hydrogens (tertiary/aromatic N) is 1. The summed E-state index contributed by atoms with van der Waals surface area (Å²) in [6.07, 6.45) is 0. The molecule has 1 aliphatic heterocycles. The first kappa shape index (κ1) is 21.1. The molecule has 1 aliphatic rings. The molecule has 0 spiro atoms. The minimum absolute atomic E-state index is 0.00272. The molecule has 0 saturated carbocycles. The summed E-state index contributed by atoms with van der Waals surface area (Å²) in [4.78, 5) is 14.8. The van der Waals surface area contributed by atoms with Gasteiger partial charge in [-0.05, 0) is 48.7 Å². The first-order valence-corrected chi connectivity index (χ1v) is 9.99. The average molecular weight is 399 g/mol. The van der Waals surface area contributed by atoms with Crippen LogP contribution >= 0.6 is 0 Å². The molecule has 2 aromatic rings. The van der Waals surface area contributed by atoms with E-state index in [4.69, 9.17) is 14.2 Å². The number of hydrogen-bond acceptors (Lipinski definition) is 5. The quantitative estimate of drug-likeness (QED) is 0.741. The number of aryl methyl sites for hydroxylation is 2. The van der Waals surface area contributed by atoms with Gasteiger partial charge in [-0.25, -0.2) is 0 Å². The lowest BCUT2D eigenvalue weighted by Crippen LogP contribution is -2.44. The zero-order chi connectivity index (χ0) is 20.6. The Kier molecular flexibility index (Phi) is 7.49. The second-order valence-corrected chi connectivity index (χ2v) is 7.30. The van der Waals surface area contributed by atoms with Gasteiger partial charge in [-0.1, -0.05) is 24.3 Å². The molecule has 29 heavy (non-hydrogen) atoms. The molecule has 0 radical (unpaired) electrons. The molecule has 1 saturated heterocycles. The number of rotatable bonds is 8. The standard InChI is InChI=1S/C23H30N2O4/c1-17-4-5-18(2)22(14-17)29-16-23(26)24-15-21(25-10-12-28-13-11-25)19-6-8-20(27-3)9-7-19/h4-9,14,21H,10-13,15-16H2,1-3H3,(H,24,26). The fraction of sp³-hybridized carbons (Fsp3) is 0.435. The summed E-state index contributed by atoms with van der Waals surface area (Å²) in [5, 5.41) is 3.03. The summed E-state index contributed by atoms with van der Waals surface area (Å²) >= 11 is 0. The monoisotopic (exact) mass is 398 g/mol. The highest BCUT2D eigenvalue weighted by atomic mass is 16.5. The molecule has 3 rings (SSSR count). The van der Waals surface area contributed by atoms with Crippen LogP contribution in [0.1, 0.15) is 22.7 Å². The van der Waals surface area contributed by atoms with Gasteiger partial charge < -0.3 is 19.5 Å². The van der Waals surface area contributed by atoms with Crippen molar-refractivity contribution in [2.75, 3.05) is 46.6 Å². The fourth-order valence-corrected chi connectivity index (χ4v) is 3.44. The van der Waals surface area contributed by atoms with Crippen LogP contribution in [0, 0.1) is 13.8 Å². The van der Waals surface area contributed by atoms with Crippen LogP contribution in [0.3, 0.4) is 0 Å².